The van der Waals surface area contributed by atoms with E-state index in [1.165, 1.54) is 36.4 Å². The van der Waals surface area contributed by atoms with Gasteiger partial charge < -0.3 is 5.32 Å². The Morgan fingerprint density at radius 1 is 1.12 bits per heavy atom. The van der Waals surface area contributed by atoms with Crippen molar-refractivity contribution in [3.8, 4) is 0 Å². The molecule has 208 valence electrons. The minimum absolute atomic E-state index is 0.0145. The van der Waals surface area contributed by atoms with Crippen molar-refractivity contribution in [2.24, 2.45) is 0 Å². The van der Waals surface area contributed by atoms with E-state index in [-0.39, 0.29) is 38.7 Å². The minimum Gasteiger partial charge on any atom is -0.322 e. The summed E-state index contributed by atoms with van der Waals surface area (Å²) in [5.74, 6) is -3.47. The van der Waals surface area contributed by atoms with Crippen LogP contribution >= 0.6 is 23.4 Å². The van der Waals surface area contributed by atoms with Crippen LogP contribution in [0.1, 0.15) is 34.1 Å². The van der Waals surface area contributed by atoms with Crippen molar-refractivity contribution < 1.29 is 41.8 Å². The van der Waals surface area contributed by atoms with Gasteiger partial charge in [-0.2, -0.15) is 18.2 Å². The zero-order chi connectivity index (χ0) is 29.0. The number of hydroxylamine groups is 2. The number of nitrogens with zero attached hydrogens (tertiary/aromatic N) is 2. The molecule has 2 aromatic carbocycles. The zero-order valence-electron chi connectivity index (χ0n) is 20.4. The SMILES string of the molecule is CSC1=C(C(=O)Nc2ccc(F)cc2)C(=O)N(OOC(=O)c2cccc(Cl)c2)C(c2ccc(C(F)(F)F)nc2)C1. The van der Waals surface area contributed by atoms with Gasteiger partial charge in [-0.05, 0) is 60.4 Å². The molecule has 40 heavy (non-hydrogen) atoms. The van der Waals surface area contributed by atoms with Crippen molar-refractivity contribution in [3.63, 3.8) is 0 Å². The number of thioether (sulfide) groups is 1. The molecule has 2 amide bonds. The van der Waals surface area contributed by atoms with Crippen LogP contribution in [0.3, 0.4) is 0 Å². The van der Waals surface area contributed by atoms with Crippen molar-refractivity contribution in [3.05, 3.63) is 105 Å². The molecule has 4 rings (SSSR count). The number of alkyl halides is 3. The number of benzene rings is 2. The molecule has 1 aromatic heterocycles. The number of aromatic nitrogens is 1. The van der Waals surface area contributed by atoms with Gasteiger partial charge in [0.1, 0.15) is 17.1 Å². The molecule has 0 saturated heterocycles. The van der Waals surface area contributed by atoms with Gasteiger partial charge in [-0.1, -0.05) is 28.7 Å². The monoisotopic (exact) mass is 595 g/mol. The summed E-state index contributed by atoms with van der Waals surface area (Å²) in [5.41, 5.74) is -1.23. The number of anilines is 1. The fraction of sp³-hybridized carbons (Fsp3) is 0.154. The molecule has 0 saturated carbocycles. The van der Waals surface area contributed by atoms with Crippen LogP contribution in [0.25, 0.3) is 0 Å². The van der Waals surface area contributed by atoms with E-state index in [1.54, 1.807) is 6.26 Å². The predicted molar refractivity (Wildman–Crippen MR) is 137 cm³/mol. The molecular formula is C26H18ClF4N3O5S. The topological polar surface area (TPSA) is 97.8 Å². The Morgan fingerprint density at radius 3 is 2.45 bits per heavy atom. The zero-order valence-corrected chi connectivity index (χ0v) is 21.9. The first-order valence-electron chi connectivity index (χ1n) is 11.3. The first kappa shape index (κ1) is 29.1. The highest BCUT2D eigenvalue weighted by Crippen LogP contribution is 2.40. The summed E-state index contributed by atoms with van der Waals surface area (Å²) in [6.45, 7) is 0. The third-order valence-electron chi connectivity index (χ3n) is 5.65. The summed E-state index contributed by atoms with van der Waals surface area (Å²) in [5, 5.41) is 3.29. The summed E-state index contributed by atoms with van der Waals surface area (Å²) in [6, 6.07) is 11.2. The van der Waals surface area contributed by atoms with Crippen LogP contribution in [0.4, 0.5) is 23.2 Å². The third-order valence-corrected chi connectivity index (χ3v) is 6.74. The Balaban J connectivity index is 1.67. The maximum Gasteiger partial charge on any atom is 0.433 e. The quantitative estimate of drug-likeness (QED) is 0.152. The summed E-state index contributed by atoms with van der Waals surface area (Å²) >= 11 is 6.96. The van der Waals surface area contributed by atoms with E-state index >= 15 is 0 Å². The average molecular weight is 596 g/mol. The largest absolute Gasteiger partial charge is 0.433 e. The van der Waals surface area contributed by atoms with Crippen LogP contribution in [0, 0.1) is 5.82 Å². The van der Waals surface area contributed by atoms with Crippen molar-refractivity contribution in [1.82, 2.24) is 10.0 Å². The summed E-state index contributed by atoms with van der Waals surface area (Å²) in [7, 11) is 0. The molecule has 0 radical (unpaired) electrons. The lowest BCUT2D eigenvalue weighted by Gasteiger charge is -2.34. The lowest BCUT2D eigenvalue weighted by Crippen LogP contribution is -2.43. The third kappa shape index (κ3) is 6.61. The molecule has 2 heterocycles. The van der Waals surface area contributed by atoms with Crippen LogP contribution in [0.2, 0.25) is 5.02 Å². The van der Waals surface area contributed by atoms with Crippen LogP contribution in [-0.2, 0) is 25.6 Å². The molecule has 1 atom stereocenters. The maximum absolute atomic E-state index is 13.6. The van der Waals surface area contributed by atoms with E-state index in [9.17, 15) is 31.9 Å². The summed E-state index contributed by atoms with van der Waals surface area (Å²) in [6.07, 6.45) is -2.27. The van der Waals surface area contributed by atoms with E-state index in [4.69, 9.17) is 21.5 Å². The van der Waals surface area contributed by atoms with Gasteiger partial charge in [-0.15, -0.1) is 11.8 Å². The number of carbonyl (C=O) groups is 3. The highest BCUT2D eigenvalue weighted by molar-refractivity contribution is 8.02. The van der Waals surface area contributed by atoms with Gasteiger partial charge in [0.25, 0.3) is 11.8 Å². The normalized spacial score (nSPS) is 15.7. The molecule has 0 spiro atoms. The maximum atomic E-state index is 13.6. The predicted octanol–water partition coefficient (Wildman–Crippen LogP) is 6.13. The molecular weight excluding hydrogens is 578 g/mol. The van der Waals surface area contributed by atoms with Crippen molar-refractivity contribution in [1.29, 1.82) is 0 Å². The standard InChI is InChI=1S/C26H18ClF4N3O5S/c1-40-20-12-19(15-5-10-21(32-13-15)26(29,30)31)34(39-38-25(37)14-3-2-4-16(27)11-14)24(36)22(20)23(35)33-18-8-6-17(28)7-9-18/h2-11,13,19H,12H2,1H3,(H,33,35). The van der Waals surface area contributed by atoms with Gasteiger partial charge in [-0.3, -0.25) is 19.5 Å². The molecule has 1 aliphatic rings. The van der Waals surface area contributed by atoms with E-state index in [2.05, 4.69) is 10.3 Å². The van der Waals surface area contributed by atoms with Crippen molar-refractivity contribution >= 4 is 46.8 Å². The first-order valence-corrected chi connectivity index (χ1v) is 12.9. The second-order valence-electron chi connectivity index (χ2n) is 8.24. The summed E-state index contributed by atoms with van der Waals surface area (Å²) < 4.78 is 52.5. The van der Waals surface area contributed by atoms with Gasteiger partial charge in [0.15, 0.2) is 0 Å². The Labute approximate surface area is 233 Å². The molecule has 0 fully saturated rings. The smallest absolute Gasteiger partial charge is 0.322 e. The van der Waals surface area contributed by atoms with Gasteiger partial charge in [0, 0.05) is 28.2 Å². The number of halogens is 5. The highest BCUT2D eigenvalue weighted by Gasteiger charge is 2.41. The van der Waals surface area contributed by atoms with E-state index in [0.717, 1.165) is 42.2 Å². The van der Waals surface area contributed by atoms with Crippen LogP contribution in [0.15, 0.2) is 77.3 Å². The number of carbonyl (C=O) groups excluding carboxylic acids is 3. The fourth-order valence-corrected chi connectivity index (χ4v) is 4.61. The number of pyridine rings is 1. The number of hydrogen-bond donors (Lipinski definition) is 1. The lowest BCUT2D eigenvalue weighted by atomic mass is 9.97. The van der Waals surface area contributed by atoms with Gasteiger partial charge in [-0.25, -0.2) is 9.18 Å². The van der Waals surface area contributed by atoms with E-state index < -0.39 is 41.5 Å². The van der Waals surface area contributed by atoms with Crippen molar-refractivity contribution in [2.45, 2.75) is 18.6 Å². The molecule has 1 N–H and O–H groups in total. The van der Waals surface area contributed by atoms with E-state index in [0.29, 0.717) is 5.06 Å². The van der Waals surface area contributed by atoms with Crippen LogP contribution < -0.4 is 5.32 Å². The number of rotatable bonds is 7. The molecule has 0 bridgehead atoms. The number of nitrogens with one attached hydrogen (secondary N) is 1. The molecule has 8 nitrogen and oxygen atoms in total. The molecule has 1 aliphatic heterocycles. The van der Waals surface area contributed by atoms with Crippen molar-refractivity contribution in [2.75, 3.05) is 11.6 Å². The fourth-order valence-electron chi connectivity index (χ4n) is 3.71. The van der Waals surface area contributed by atoms with Gasteiger partial charge in [0.05, 0.1) is 11.6 Å². The molecule has 14 heteroatoms. The highest BCUT2D eigenvalue weighted by atomic mass is 35.5. The minimum atomic E-state index is -4.69. The molecule has 0 aliphatic carbocycles. The van der Waals surface area contributed by atoms with Gasteiger partial charge >= 0.3 is 12.1 Å². The first-order chi connectivity index (χ1) is 19.0. The lowest BCUT2D eigenvalue weighted by molar-refractivity contribution is -0.382. The Bertz CT molecular complexity index is 1470. The number of amides is 2. The van der Waals surface area contributed by atoms with E-state index in [1.807, 2.05) is 0 Å². The molecule has 1 unspecified atom stereocenters. The summed E-state index contributed by atoms with van der Waals surface area (Å²) in [4.78, 5) is 52.9. The Kier molecular flexibility index (Phi) is 8.76. The second-order valence-corrected chi connectivity index (χ2v) is 9.58. The van der Waals surface area contributed by atoms with Crippen LogP contribution in [0.5, 0.6) is 0 Å². The number of hydrogen-bond acceptors (Lipinski definition) is 7. The van der Waals surface area contributed by atoms with Crippen LogP contribution in [-0.4, -0.2) is 34.1 Å². The Morgan fingerprint density at radius 2 is 1.85 bits per heavy atom. The van der Waals surface area contributed by atoms with Gasteiger partial charge in [0.2, 0.25) is 0 Å². The molecule has 3 aromatic rings. The second kappa shape index (κ2) is 12.1. The Hall–Kier alpha value is -3.94. The average Bonchev–Trinajstić information content (AvgIpc) is 2.92.